The van der Waals surface area contributed by atoms with E-state index in [0.29, 0.717) is 23.9 Å². The molecule has 0 N–H and O–H groups in total. The Labute approximate surface area is 169 Å². The largest absolute Gasteiger partial charge is 0.349 e. The van der Waals surface area contributed by atoms with Gasteiger partial charge in [-0.15, -0.1) is 24.0 Å². The Kier molecular flexibility index (Phi) is 8.62. The molecule has 1 aliphatic heterocycles. The molecule has 0 unspecified atom stereocenters. The second-order valence-electron chi connectivity index (χ2n) is 6.59. The molecule has 2 rings (SSSR count). The highest BCUT2D eigenvalue weighted by Crippen LogP contribution is 2.24. The Bertz CT molecular complexity index is 644. The number of guanidine groups is 1. The summed E-state index contributed by atoms with van der Waals surface area (Å²) in [5.41, 5.74) is 0. The van der Waals surface area contributed by atoms with Crippen LogP contribution < -0.4 is 0 Å². The van der Waals surface area contributed by atoms with E-state index in [-0.39, 0.29) is 24.0 Å². The van der Waals surface area contributed by atoms with Crippen LogP contribution in [0, 0.1) is 5.92 Å². The van der Waals surface area contributed by atoms with Crippen molar-refractivity contribution in [2.75, 3.05) is 47.8 Å². The van der Waals surface area contributed by atoms with Gasteiger partial charge in [0.25, 0.3) is 0 Å². The lowest BCUT2D eigenvalue weighted by Crippen LogP contribution is -2.40. The molecule has 1 aromatic rings. The molecule has 0 atom stereocenters. The molecular formula is C17H29IN4O2S. The summed E-state index contributed by atoms with van der Waals surface area (Å²) in [5, 5.41) is 0. The summed E-state index contributed by atoms with van der Waals surface area (Å²) in [6.07, 6.45) is 1.70. The topological polar surface area (TPSA) is 56.2 Å². The van der Waals surface area contributed by atoms with Crippen LogP contribution in [0.1, 0.15) is 12.8 Å². The molecule has 1 aromatic carbocycles. The van der Waals surface area contributed by atoms with Crippen molar-refractivity contribution in [1.29, 1.82) is 0 Å². The van der Waals surface area contributed by atoms with Gasteiger partial charge in [0, 0.05) is 47.8 Å². The van der Waals surface area contributed by atoms with Crippen LogP contribution >= 0.6 is 24.0 Å². The van der Waals surface area contributed by atoms with Gasteiger partial charge >= 0.3 is 0 Å². The molecule has 1 aliphatic rings. The fourth-order valence-electron chi connectivity index (χ4n) is 2.97. The number of aliphatic imine (C=N–C) groups is 1. The average molecular weight is 480 g/mol. The number of hydrogen-bond acceptors (Lipinski definition) is 3. The first-order valence-corrected chi connectivity index (χ1v) is 9.70. The van der Waals surface area contributed by atoms with Crippen LogP contribution in [0.2, 0.25) is 0 Å². The standard InChI is InChI=1S/C17H28N4O2S.HI/c1-19(2)17(20(3)4)18-14-15-10-12-21(13-11-15)24(22,23)16-8-6-5-7-9-16;/h5-9,15H,10-14H2,1-4H3;1H. The maximum Gasteiger partial charge on any atom is 0.243 e. The predicted molar refractivity (Wildman–Crippen MR) is 113 cm³/mol. The van der Waals surface area contributed by atoms with Gasteiger partial charge in [-0.2, -0.15) is 4.31 Å². The first-order chi connectivity index (χ1) is 11.3. The molecule has 0 amide bonds. The van der Waals surface area contributed by atoms with E-state index in [4.69, 9.17) is 4.99 Å². The van der Waals surface area contributed by atoms with E-state index in [1.807, 2.05) is 44.1 Å². The second kappa shape index (κ2) is 9.72. The molecule has 0 aromatic heterocycles. The van der Waals surface area contributed by atoms with Crippen LogP contribution in [-0.4, -0.2) is 76.3 Å². The number of nitrogens with zero attached hydrogens (tertiary/aromatic N) is 4. The molecule has 0 aliphatic carbocycles. The average Bonchev–Trinajstić information content (AvgIpc) is 2.55. The third kappa shape index (κ3) is 5.82. The predicted octanol–water partition coefficient (Wildman–Crippen LogP) is 2.18. The van der Waals surface area contributed by atoms with E-state index in [0.717, 1.165) is 25.3 Å². The van der Waals surface area contributed by atoms with E-state index in [1.165, 1.54) is 0 Å². The Hall–Kier alpha value is -0.870. The Balaban J connectivity index is 0.00000312. The quantitative estimate of drug-likeness (QED) is 0.377. The van der Waals surface area contributed by atoms with Crippen molar-refractivity contribution >= 4 is 40.0 Å². The van der Waals surface area contributed by atoms with Crippen molar-refractivity contribution in [3.63, 3.8) is 0 Å². The fraction of sp³-hybridized carbons (Fsp3) is 0.588. The van der Waals surface area contributed by atoms with Crippen LogP contribution in [0.15, 0.2) is 40.2 Å². The third-order valence-electron chi connectivity index (χ3n) is 4.25. The van der Waals surface area contributed by atoms with Crippen LogP contribution in [0.25, 0.3) is 0 Å². The maximum absolute atomic E-state index is 12.6. The third-order valence-corrected chi connectivity index (χ3v) is 6.16. The molecule has 8 heteroatoms. The molecule has 142 valence electrons. The Morgan fingerprint density at radius 2 is 1.60 bits per heavy atom. The number of rotatable bonds is 4. The van der Waals surface area contributed by atoms with Gasteiger partial charge in [0.05, 0.1) is 4.90 Å². The highest BCUT2D eigenvalue weighted by atomic mass is 127. The summed E-state index contributed by atoms with van der Waals surface area (Å²) < 4.78 is 26.8. The summed E-state index contributed by atoms with van der Waals surface area (Å²) in [5.74, 6) is 1.37. The van der Waals surface area contributed by atoms with Gasteiger partial charge in [-0.05, 0) is 30.9 Å². The summed E-state index contributed by atoms with van der Waals surface area (Å²) in [7, 11) is 4.56. The normalized spacial score (nSPS) is 16.0. The lowest BCUT2D eigenvalue weighted by molar-refractivity contribution is 0.277. The van der Waals surface area contributed by atoms with Crippen LogP contribution in [0.3, 0.4) is 0 Å². The van der Waals surface area contributed by atoms with Crippen molar-refractivity contribution in [1.82, 2.24) is 14.1 Å². The molecule has 0 bridgehead atoms. The monoisotopic (exact) mass is 480 g/mol. The van der Waals surface area contributed by atoms with E-state index >= 15 is 0 Å². The van der Waals surface area contributed by atoms with E-state index < -0.39 is 10.0 Å². The van der Waals surface area contributed by atoms with Gasteiger partial charge in [-0.25, -0.2) is 8.42 Å². The highest BCUT2D eigenvalue weighted by molar-refractivity contribution is 14.0. The number of benzene rings is 1. The van der Waals surface area contributed by atoms with Gasteiger partial charge < -0.3 is 9.80 Å². The fourth-order valence-corrected chi connectivity index (χ4v) is 4.46. The van der Waals surface area contributed by atoms with Crippen LogP contribution in [-0.2, 0) is 10.0 Å². The SMILES string of the molecule is CN(C)C(=NCC1CCN(S(=O)(=O)c2ccccc2)CC1)N(C)C.I. The molecule has 6 nitrogen and oxygen atoms in total. The summed E-state index contributed by atoms with van der Waals surface area (Å²) >= 11 is 0. The first kappa shape index (κ1) is 22.2. The zero-order valence-corrected chi connectivity index (χ0v) is 18.6. The zero-order chi connectivity index (χ0) is 17.7. The molecular weight excluding hydrogens is 451 g/mol. The summed E-state index contributed by atoms with van der Waals surface area (Å²) in [6, 6.07) is 8.67. The summed E-state index contributed by atoms with van der Waals surface area (Å²) in [6.45, 7) is 1.87. The lowest BCUT2D eigenvalue weighted by Gasteiger charge is -2.31. The molecule has 0 radical (unpaired) electrons. The van der Waals surface area contributed by atoms with E-state index in [2.05, 4.69) is 0 Å². The van der Waals surface area contributed by atoms with Crippen molar-refractivity contribution < 1.29 is 8.42 Å². The minimum atomic E-state index is -3.36. The highest BCUT2D eigenvalue weighted by Gasteiger charge is 2.29. The molecule has 1 saturated heterocycles. The minimum absolute atomic E-state index is 0. The van der Waals surface area contributed by atoms with Crippen LogP contribution in [0.5, 0.6) is 0 Å². The molecule has 0 spiro atoms. The first-order valence-electron chi connectivity index (χ1n) is 8.26. The second-order valence-corrected chi connectivity index (χ2v) is 8.53. The Morgan fingerprint density at radius 1 is 1.08 bits per heavy atom. The molecule has 25 heavy (non-hydrogen) atoms. The molecule has 1 heterocycles. The van der Waals surface area contributed by atoms with Gasteiger partial charge in [-0.3, -0.25) is 4.99 Å². The minimum Gasteiger partial charge on any atom is -0.349 e. The van der Waals surface area contributed by atoms with Crippen molar-refractivity contribution in [2.24, 2.45) is 10.9 Å². The number of halogens is 1. The van der Waals surface area contributed by atoms with Crippen LogP contribution in [0.4, 0.5) is 0 Å². The molecule has 0 saturated carbocycles. The number of sulfonamides is 1. The van der Waals surface area contributed by atoms with E-state index in [9.17, 15) is 8.42 Å². The lowest BCUT2D eigenvalue weighted by atomic mass is 9.98. The smallest absolute Gasteiger partial charge is 0.243 e. The van der Waals surface area contributed by atoms with Crippen molar-refractivity contribution in [3.8, 4) is 0 Å². The maximum atomic E-state index is 12.6. The van der Waals surface area contributed by atoms with Crippen molar-refractivity contribution in [3.05, 3.63) is 30.3 Å². The van der Waals surface area contributed by atoms with Gasteiger partial charge in [0.1, 0.15) is 0 Å². The summed E-state index contributed by atoms with van der Waals surface area (Å²) in [4.78, 5) is 9.06. The van der Waals surface area contributed by atoms with E-state index in [1.54, 1.807) is 28.6 Å². The zero-order valence-electron chi connectivity index (χ0n) is 15.4. The Morgan fingerprint density at radius 3 is 2.08 bits per heavy atom. The molecule has 1 fully saturated rings. The van der Waals surface area contributed by atoms with Crippen molar-refractivity contribution in [2.45, 2.75) is 17.7 Å². The van der Waals surface area contributed by atoms with Gasteiger partial charge in [-0.1, -0.05) is 18.2 Å². The van der Waals surface area contributed by atoms with Gasteiger partial charge in [0.2, 0.25) is 10.0 Å². The number of hydrogen-bond donors (Lipinski definition) is 0. The number of piperidine rings is 1. The van der Waals surface area contributed by atoms with Gasteiger partial charge in [0.15, 0.2) is 5.96 Å².